The van der Waals surface area contributed by atoms with E-state index in [1.165, 1.54) is 0 Å². The molecule has 24 heavy (non-hydrogen) atoms. The fraction of sp³-hybridized carbons (Fsp3) is 0.316. The van der Waals surface area contributed by atoms with Crippen LogP contribution in [0.25, 0.3) is 0 Å². The van der Waals surface area contributed by atoms with Crippen molar-refractivity contribution in [2.75, 3.05) is 13.2 Å². The maximum Gasteiger partial charge on any atom is 0.241 e. The zero-order valence-electron chi connectivity index (χ0n) is 14.1. The monoisotopic (exact) mass is 348 g/mol. The van der Waals surface area contributed by atoms with Crippen molar-refractivity contribution in [2.45, 2.75) is 26.3 Å². The molecule has 0 aliphatic carbocycles. The molecule has 0 aliphatic rings. The molecular weight excluding hydrogens is 324 g/mol. The number of carbonyl (C=O) groups is 1. The standard InChI is InChI=1S/C19H24N2O2.ClH/c1-14-8-10-16(11-9-14)18(20)19(22)21-12-5-13-23-17-7-4-3-6-15(17)2;/h3-4,6-11,18H,5,12-13,20H2,1-2H3,(H,21,22);1H. The van der Waals surface area contributed by atoms with Gasteiger partial charge < -0.3 is 15.8 Å². The van der Waals surface area contributed by atoms with E-state index >= 15 is 0 Å². The predicted molar refractivity (Wildman–Crippen MR) is 99.7 cm³/mol. The van der Waals surface area contributed by atoms with Crippen molar-refractivity contribution in [2.24, 2.45) is 5.73 Å². The third-order valence-corrected chi connectivity index (χ3v) is 3.69. The van der Waals surface area contributed by atoms with E-state index in [0.29, 0.717) is 13.2 Å². The van der Waals surface area contributed by atoms with Crippen molar-refractivity contribution in [3.05, 3.63) is 65.2 Å². The van der Waals surface area contributed by atoms with Crippen LogP contribution >= 0.6 is 12.4 Å². The molecule has 1 unspecified atom stereocenters. The number of ether oxygens (including phenoxy) is 1. The second-order valence-corrected chi connectivity index (χ2v) is 5.65. The Morgan fingerprint density at radius 3 is 2.46 bits per heavy atom. The van der Waals surface area contributed by atoms with Crippen molar-refractivity contribution in [1.82, 2.24) is 5.32 Å². The molecule has 2 rings (SSSR count). The largest absolute Gasteiger partial charge is 0.493 e. The first-order chi connectivity index (χ1) is 11.1. The normalized spacial score (nSPS) is 11.3. The molecule has 0 spiro atoms. The number of aryl methyl sites for hydroxylation is 2. The van der Waals surface area contributed by atoms with Crippen LogP contribution in [0.4, 0.5) is 0 Å². The van der Waals surface area contributed by atoms with E-state index in [0.717, 1.165) is 28.9 Å². The fourth-order valence-corrected chi connectivity index (χ4v) is 2.22. The summed E-state index contributed by atoms with van der Waals surface area (Å²) in [6, 6.07) is 14.9. The van der Waals surface area contributed by atoms with Crippen molar-refractivity contribution in [3.63, 3.8) is 0 Å². The van der Waals surface area contributed by atoms with Crippen LogP contribution in [0.2, 0.25) is 0 Å². The molecule has 0 saturated carbocycles. The number of hydrogen-bond donors (Lipinski definition) is 2. The summed E-state index contributed by atoms with van der Waals surface area (Å²) in [5.74, 6) is 0.722. The van der Waals surface area contributed by atoms with Gasteiger partial charge in [-0.3, -0.25) is 4.79 Å². The van der Waals surface area contributed by atoms with Crippen molar-refractivity contribution in [3.8, 4) is 5.75 Å². The van der Waals surface area contributed by atoms with Gasteiger partial charge >= 0.3 is 0 Å². The Labute approximate surface area is 149 Å². The molecule has 1 amide bonds. The molecule has 0 fully saturated rings. The van der Waals surface area contributed by atoms with Crippen LogP contribution < -0.4 is 15.8 Å². The molecule has 0 heterocycles. The molecule has 130 valence electrons. The van der Waals surface area contributed by atoms with E-state index in [4.69, 9.17) is 10.5 Å². The van der Waals surface area contributed by atoms with Gasteiger partial charge in [0.05, 0.1) is 6.61 Å². The maximum absolute atomic E-state index is 12.0. The number of rotatable bonds is 7. The van der Waals surface area contributed by atoms with Gasteiger partial charge in [0.2, 0.25) is 5.91 Å². The lowest BCUT2D eigenvalue weighted by Crippen LogP contribution is -2.35. The molecule has 1 atom stereocenters. The molecule has 0 aliphatic heterocycles. The Kier molecular flexibility index (Phi) is 8.30. The lowest BCUT2D eigenvalue weighted by molar-refractivity contribution is -0.122. The minimum absolute atomic E-state index is 0. The molecule has 2 aromatic rings. The van der Waals surface area contributed by atoms with Gasteiger partial charge in [-0.1, -0.05) is 48.0 Å². The molecule has 0 radical (unpaired) electrons. The molecule has 3 N–H and O–H groups in total. The topological polar surface area (TPSA) is 64.4 Å². The minimum atomic E-state index is -0.632. The van der Waals surface area contributed by atoms with Crippen molar-refractivity contribution >= 4 is 18.3 Å². The van der Waals surface area contributed by atoms with E-state index < -0.39 is 6.04 Å². The second-order valence-electron chi connectivity index (χ2n) is 5.65. The molecular formula is C19H25ClN2O2. The number of nitrogens with two attached hydrogens (primary N) is 1. The smallest absolute Gasteiger partial charge is 0.241 e. The summed E-state index contributed by atoms with van der Waals surface area (Å²) in [5.41, 5.74) is 9.05. The number of halogens is 1. The van der Waals surface area contributed by atoms with Gasteiger partial charge in [0.15, 0.2) is 0 Å². The van der Waals surface area contributed by atoms with Gasteiger partial charge in [-0.2, -0.15) is 0 Å². The van der Waals surface area contributed by atoms with E-state index in [-0.39, 0.29) is 18.3 Å². The molecule has 4 nitrogen and oxygen atoms in total. The highest BCUT2D eigenvalue weighted by Gasteiger charge is 2.14. The zero-order chi connectivity index (χ0) is 16.7. The minimum Gasteiger partial charge on any atom is -0.493 e. The summed E-state index contributed by atoms with van der Waals surface area (Å²) in [6.07, 6.45) is 0.737. The number of para-hydroxylation sites is 1. The third kappa shape index (κ3) is 5.87. The van der Waals surface area contributed by atoms with Gasteiger partial charge in [0.25, 0.3) is 0 Å². The molecule has 0 bridgehead atoms. The van der Waals surface area contributed by atoms with Gasteiger partial charge in [-0.25, -0.2) is 0 Å². The maximum atomic E-state index is 12.0. The number of benzene rings is 2. The van der Waals surface area contributed by atoms with E-state index in [2.05, 4.69) is 5.32 Å². The first kappa shape index (κ1) is 20.0. The number of hydrogen-bond acceptors (Lipinski definition) is 3. The van der Waals surface area contributed by atoms with Gasteiger partial charge in [-0.15, -0.1) is 12.4 Å². The van der Waals surface area contributed by atoms with Crippen molar-refractivity contribution in [1.29, 1.82) is 0 Å². The first-order valence-corrected chi connectivity index (χ1v) is 7.86. The Hall–Kier alpha value is -2.04. The van der Waals surface area contributed by atoms with Crippen LogP contribution in [0.5, 0.6) is 5.75 Å². The Bertz CT molecular complexity index is 644. The molecule has 0 aromatic heterocycles. The Morgan fingerprint density at radius 1 is 1.12 bits per heavy atom. The summed E-state index contributed by atoms with van der Waals surface area (Å²) in [4.78, 5) is 12.0. The highest BCUT2D eigenvalue weighted by molar-refractivity contribution is 5.85. The fourth-order valence-electron chi connectivity index (χ4n) is 2.22. The van der Waals surface area contributed by atoms with Gasteiger partial charge in [-0.05, 0) is 37.5 Å². The summed E-state index contributed by atoms with van der Waals surface area (Å²) in [6.45, 7) is 5.12. The quantitative estimate of drug-likeness (QED) is 0.754. The van der Waals surface area contributed by atoms with E-state index in [1.807, 2.05) is 62.4 Å². The molecule has 5 heteroatoms. The van der Waals surface area contributed by atoms with Crippen LogP contribution in [0.3, 0.4) is 0 Å². The number of carbonyl (C=O) groups excluding carboxylic acids is 1. The zero-order valence-corrected chi connectivity index (χ0v) is 14.9. The third-order valence-electron chi connectivity index (χ3n) is 3.69. The summed E-state index contributed by atoms with van der Waals surface area (Å²) < 4.78 is 5.69. The van der Waals surface area contributed by atoms with Crippen LogP contribution in [-0.2, 0) is 4.79 Å². The number of nitrogens with one attached hydrogen (secondary N) is 1. The highest BCUT2D eigenvalue weighted by atomic mass is 35.5. The van der Waals surface area contributed by atoms with Crippen molar-refractivity contribution < 1.29 is 9.53 Å². The van der Waals surface area contributed by atoms with Gasteiger partial charge in [0, 0.05) is 6.54 Å². The van der Waals surface area contributed by atoms with Crippen LogP contribution in [0.1, 0.15) is 29.2 Å². The Balaban J connectivity index is 0.00000288. The van der Waals surface area contributed by atoms with Crippen LogP contribution in [-0.4, -0.2) is 19.1 Å². The Morgan fingerprint density at radius 2 is 1.79 bits per heavy atom. The highest BCUT2D eigenvalue weighted by Crippen LogP contribution is 2.16. The lowest BCUT2D eigenvalue weighted by Gasteiger charge is -2.13. The van der Waals surface area contributed by atoms with E-state index in [1.54, 1.807) is 0 Å². The lowest BCUT2D eigenvalue weighted by atomic mass is 10.1. The SMILES string of the molecule is Cc1ccc(C(N)C(=O)NCCCOc2ccccc2C)cc1.Cl. The average Bonchev–Trinajstić information content (AvgIpc) is 2.56. The molecule has 2 aromatic carbocycles. The first-order valence-electron chi connectivity index (χ1n) is 7.86. The molecule has 0 saturated heterocycles. The van der Waals surface area contributed by atoms with Crippen LogP contribution in [0, 0.1) is 13.8 Å². The summed E-state index contributed by atoms with van der Waals surface area (Å²) in [5, 5.41) is 2.85. The van der Waals surface area contributed by atoms with Crippen LogP contribution in [0.15, 0.2) is 48.5 Å². The second kappa shape index (κ2) is 9.96. The summed E-state index contributed by atoms with van der Waals surface area (Å²) in [7, 11) is 0. The average molecular weight is 349 g/mol. The van der Waals surface area contributed by atoms with E-state index in [9.17, 15) is 4.79 Å². The summed E-state index contributed by atoms with van der Waals surface area (Å²) >= 11 is 0. The van der Waals surface area contributed by atoms with Gasteiger partial charge in [0.1, 0.15) is 11.8 Å². The number of amides is 1. The predicted octanol–water partition coefficient (Wildman–Crippen LogP) is 3.31.